The first-order valence-electron chi connectivity index (χ1n) is 10.4. The number of hydrogen-bond donors (Lipinski definition) is 1. The Bertz CT molecular complexity index is 1310. The third-order valence-corrected chi connectivity index (χ3v) is 6.64. The fraction of sp³-hybridized carbons (Fsp3) is 0.115. The normalized spacial score (nSPS) is 14.9. The fourth-order valence-corrected chi connectivity index (χ4v) is 4.96. The first-order chi connectivity index (χ1) is 15.6. The summed E-state index contributed by atoms with van der Waals surface area (Å²) in [5.74, 6) is -0.229. The summed E-state index contributed by atoms with van der Waals surface area (Å²) in [6.45, 7) is 1.52. The van der Waals surface area contributed by atoms with E-state index in [1.807, 2.05) is 72.8 Å². The first-order valence-corrected chi connectivity index (χ1v) is 11.2. The summed E-state index contributed by atoms with van der Waals surface area (Å²) < 4.78 is 1.15. The number of benzene rings is 3. The van der Waals surface area contributed by atoms with Gasteiger partial charge in [-0.05, 0) is 53.6 Å². The molecular weight excluding hydrogens is 418 g/mol. The van der Waals surface area contributed by atoms with Crippen molar-refractivity contribution in [3.8, 4) is 10.6 Å². The molecule has 1 aliphatic heterocycles. The molecule has 3 aromatic carbocycles. The van der Waals surface area contributed by atoms with Crippen molar-refractivity contribution in [2.75, 3.05) is 5.32 Å². The van der Waals surface area contributed by atoms with Crippen LogP contribution in [0.3, 0.4) is 0 Å². The Kier molecular flexibility index (Phi) is 5.29. The van der Waals surface area contributed by atoms with Crippen LogP contribution in [-0.2, 0) is 9.59 Å². The molecular formula is C26H21N3O2S. The van der Waals surface area contributed by atoms with Gasteiger partial charge in [-0.2, -0.15) is 0 Å². The average Bonchev–Trinajstić information content (AvgIpc) is 3.24. The molecule has 0 fully saturated rings. The van der Waals surface area contributed by atoms with Crippen molar-refractivity contribution in [2.24, 2.45) is 0 Å². The fourth-order valence-electron chi connectivity index (χ4n) is 3.99. The highest BCUT2D eigenvalue weighted by Crippen LogP contribution is 2.34. The zero-order valence-corrected chi connectivity index (χ0v) is 18.3. The van der Waals surface area contributed by atoms with Crippen LogP contribution in [0.5, 0.6) is 0 Å². The number of para-hydroxylation sites is 1. The minimum absolute atomic E-state index is 0.0891. The predicted octanol–water partition coefficient (Wildman–Crippen LogP) is 5.87. The molecule has 0 bridgehead atoms. The minimum Gasteiger partial charge on any atom is -0.326 e. The van der Waals surface area contributed by atoms with E-state index in [0.29, 0.717) is 5.69 Å². The third-order valence-electron chi connectivity index (χ3n) is 5.56. The van der Waals surface area contributed by atoms with Crippen LogP contribution in [0.2, 0.25) is 0 Å². The quantitative estimate of drug-likeness (QED) is 0.433. The lowest BCUT2D eigenvalue weighted by atomic mass is 9.93. The Morgan fingerprint density at radius 1 is 1.00 bits per heavy atom. The predicted molar refractivity (Wildman–Crippen MR) is 129 cm³/mol. The molecule has 5 rings (SSSR count). The van der Waals surface area contributed by atoms with E-state index < -0.39 is 0 Å². The van der Waals surface area contributed by atoms with Crippen molar-refractivity contribution in [3.05, 3.63) is 90.1 Å². The number of amides is 2. The Hall–Kier alpha value is -3.77. The summed E-state index contributed by atoms with van der Waals surface area (Å²) in [5.41, 5.74) is 4.73. The molecule has 1 unspecified atom stereocenters. The number of carbonyl (C=O) groups is 2. The second-order valence-electron chi connectivity index (χ2n) is 7.70. The van der Waals surface area contributed by atoms with Crippen molar-refractivity contribution in [2.45, 2.75) is 19.4 Å². The van der Waals surface area contributed by atoms with Gasteiger partial charge in [-0.1, -0.05) is 36.4 Å². The largest absolute Gasteiger partial charge is 0.326 e. The average molecular weight is 440 g/mol. The van der Waals surface area contributed by atoms with E-state index in [4.69, 9.17) is 0 Å². The van der Waals surface area contributed by atoms with Gasteiger partial charge in [0.05, 0.1) is 22.7 Å². The number of rotatable bonds is 4. The number of thiazole rings is 1. The molecule has 4 aromatic rings. The summed E-state index contributed by atoms with van der Waals surface area (Å²) in [5, 5.41) is 3.92. The van der Waals surface area contributed by atoms with E-state index in [1.54, 1.807) is 22.4 Å². The van der Waals surface area contributed by atoms with Crippen LogP contribution >= 0.6 is 11.3 Å². The van der Waals surface area contributed by atoms with Crippen molar-refractivity contribution in [1.82, 2.24) is 9.88 Å². The Morgan fingerprint density at radius 3 is 2.53 bits per heavy atom. The van der Waals surface area contributed by atoms with Crippen molar-refractivity contribution >= 4 is 45.1 Å². The number of carbonyl (C=O) groups excluding carboxylic acids is 2. The number of aromatic nitrogens is 1. The van der Waals surface area contributed by atoms with Crippen LogP contribution in [-0.4, -0.2) is 21.7 Å². The van der Waals surface area contributed by atoms with E-state index in [-0.39, 0.29) is 24.3 Å². The minimum atomic E-state index is -0.323. The smallest absolute Gasteiger partial charge is 0.226 e. The summed E-state index contributed by atoms with van der Waals surface area (Å²) in [7, 11) is 0. The summed E-state index contributed by atoms with van der Waals surface area (Å²) in [6, 6.07) is 23.3. The van der Waals surface area contributed by atoms with E-state index in [9.17, 15) is 9.59 Å². The van der Waals surface area contributed by atoms with Crippen LogP contribution in [0, 0.1) is 0 Å². The molecule has 0 radical (unpaired) electrons. The molecule has 2 amide bonds. The topological polar surface area (TPSA) is 62.3 Å². The Balaban J connectivity index is 1.31. The first kappa shape index (κ1) is 20.2. The monoisotopic (exact) mass is 439 g/mol. The maximum atomic E-state index is 12.8. The molecule has 0 saturated heterocycles. The van der Waals surface area contributed by atoms with Crippen molar-refractivity contribution in [1.29, 1.82) is 0 Å². The van der Waals surface area contributed by atoms with Gasteiger partial charge >= 0.3 is 0 Å². The molecule has 0 spiro atoms. The van der Waals surface area contributed by atoms with Crippen molar-refractivity contribution in [3.63, 3.8) is 0 Å². The van der Waals surface area contributed by atoms with Crippen LogP contribution in [0.15, 0.2) is 79.0 Å². The zero-order valence-electron chi connectivity index (χ0n) is 17.5. The molecule has 5 nitrogen and oxygen atoms in total. The molecule has 1 aliphatic rings. The van der Waals surface area contributed by atoms with Gasteiger partial charge in [0.1, 0.15) is 5.01 Å². The summed E-state index contributed by atoms with van der Waals surface area (Å²) in [4.78, 5) is 31.3. The van der Waals surface area contributed by atoms with Gasteiger partial charge in [-0.15, -0.1) is 11.3 Å². The van der Waals surface area contributed by atoms with Gasteiger partial charge in [-0.25, -0.2) is 4.98 Å². The van der Waals surface area contributed by atoms with Gasteiger partial charge < -0.3 is 10.2 Å². The molecule has 32 heavy (non-hydrogen) atoms. The van der Waals surface area contributed by atoms with Crippen LogP contribution in [0.4, 0.5) is 5.69 Å². The van der Waals surface area contributed by atoms with E-state index in [0.717, 1.165) is 31.9 Å². The van der Waals surface area contributed by atoms with Gasteiger partial charge in [0.2, 0.25) is 11.8 Å². The van der Waals surface area contributed by atoms with Gasteiger partial charge in [-0.3, -0.25) is 9.59 Å². The van der Waals surface area contributed by atoms with E-state index in [2.05, 4.69) is 16.4 Å². The second-order valence-corrected chi connectivity index (χ2v) is 8.73. The number of fused-ring (bicyclic) bond motifs is 2. The summed E-state index contributed by atoms with van der Waals surface area (Å²) in [6.07, 6.45) is 3.85. The Labute approximate surface area is 190 Å². The Morgan fingerprint density at radius 2 is 1.75 bits per heavy atom. The lowest BCUT2D eigenvalue weighted by Crippen LogP contribution is -2.33. The third kappa shape index (κ3) is 3.92. The maximum Gasteiger partial charge on any atom is 0.226 e. The van der Waals surface area contributed by atoms with Crippen molar-refractivity contribution < 1.29 is 9.59 Å². The highest BCUT2D eigenvalue weighted by molar-refractivity contribution is 7.21. The van der Waals surface area contributed by atoms with Crippen LogP contribution < -0.4 is 5.32 Å². The molecule has 158 valence electrons. The SMILES string of the molecule is CC(=O)N1C=Cc2ccccc2C1CC(=O)Nc1ccc(-c2nc3ccccc3s2)cc1. The number of nitrogens with zero attached hydrogens (tertiary/aromatic N) is 2. The molecule has 0 aliphatic carbocycles. The van der Waals surface area contributed by atoms with Gasteiger partial charge in [0.25, 0.3) is 0 Å². The lowest BCUT2D eigenvalue weighted by Gasteiger charge is -2.32. The van der Waals surface area contributed by atoms with Gasteiger partial charge in [0, 0.05) is 24.4 Å². The molecule has 0 saturated carbocycles. The standard InChI is InChI=1S/C26H21N3O2S/c1-17(30)29-15-14-18-6-2-3-7-21(18)23(29)16-25(31)27-20-12-10-19(11-13-20)26-28-22-8-4-5-9-24(22)32-26/h2-15,23H,16H2,1H3,(H,27,31). The molecule has 1 aromatic heterocycles. The van der Waals surface area contributed by atoms with Gasteiger partial charge in [0.15, 0.2) is 0 Å². The van der Waals surface area contributed by atoms with E-state index >= 15 is 0 Å². The maximum absolute atomic E-state index is 12.8. The summed E-state index contributed by atoms with van der Waals surface area (Å²) >= 11 is 1.65. The molecule has 6 heteroatoms. The molecule has 2 heterocycles. The lowest BCUT2D eigenvalue weighted by molar-refractivity contribution is -0.129. The molecule has 1 N–H and O–H groups in total. The molecule has 1 atom stereocenters. The highest BCUT2D eigenvalue weighted by Gasteiger charge is 2.28. The number of nitrogens with one attached hydrogen (secondary N) is 1. The zero-order chi connectivity index (χ0) is 22.1. The second kappa shape index (κ2) is 8.40. The van der Waals surface area contributed by atoms with Crippen LogP contribution in [0.25, 0.3) is 26.9 Å². The highest BCUT2D eigenvalue weighted by atomic mass is 32.1. The van der Waals surface area contributed by atoms with E-state index in [1.165, 1.54) is 6.92 Å². The number of hydrogen-bond acceptors (Lipinski definition) is 4. The van der Waals surface area contributed by atoms with Crippen LogP contribution in [0.1, 0.15) is 30.5 Å². The number of anilines is 1.